The van der Waals surface area contributed by atoms with Gasteiger partial charge in [-0.25, -0.2) is 13.1 Å². The smallest absolute Gasteiger partial charge is 0.387 e. The third-order valence-corrected chi connectivity index (χ3v) is 3.77. The molecule has 0 bridgehead atoms. The van der Waals surface area contributed by atoms with Crippen molar-refractivity contribution in [3.05, 3.63) is 42.2 Å². The average molecular weight is 303 g/mol. The molecule has 20 heavy (non-hydrogen) atoms. The van der Waals surface area contributed by atoms with Crippen LogP contribution in [0.15, 0.2) is 41.6 Å². The van der Waals surface area contributed by atoms with E-state index in [1.165, 1.54) is 36.7 Å². The van der Waals surface area contributed by atoms with Crippen LogP contribution < -0.4 is 9.46 Å². The summed E-state index contributed by atoms with van der Waals surface area (Å²) in [6.45, 7) is -2.86. The molecule has 1 aromatic carbocycles. The Morgan fingerprint density at radius 1 is 1.30 bits per heavy atom. The number of aromatic amines is 1. The Kier molecular flexibility index (Phi) is 4.30. The van der Waals surface area contributed by atoms with Gasteiger partial charge >= 0.3 is 6.61 Å². The van der Waals surface area contributed by atoms with Crippen molar-refractivity contribution >= 4 is 10.0 Å². The second-order valence-corrected chi connectivity index (χ2v) is 5.55. The molecular weight excluding hydrogens is 292 g/mol. The zero-order valence-electron chi connectivity index (χ0n) is 10.1. The minimum absolute atomic E-state index is 0.0152. The Morgan fingerprint density at radius 3 is 2.55 bits per heavy atom. The van der Waals surface area contributed by atoms with Gasteiger partial charge in [-0.2, -0.15) is 13.9 Å². The predicted octanol–water partition coefficient (Wildman–Crippen LogP) is 1.49. The van der Waals surface area contributed by atoms with E-state index in [2.05, 4.69) is 19.7 Å². The van der Waals surface area contributed by atoms with Crippen LogP contribution in [0.1, 0.15) is 5.56 Å². The van der Waals surface area contributed by atoms with E-state index in [0.717, 1.165) is 0 Å². The molecule has 1 aromatic heterocycles. The lowest BCUT2D eigenvalue weighted by atomic mass is 10.2. The maximum absolute atomic E-state index is 12.0. The lowest BCUT2D eigenvalue weighted by Gasteiger charge is -2.07. The summed E-state index contributed by atoms with van der Waals surface area (Å²) < 4.78 is 54.0. The minimum atomic E-state index is -3.64. The molecule has 0 unspecified atom stereocenters. The van der Waals surface area contributed by atoms with E-state index in [0.29, 0.717) is 5.56 Å². The monoisotopic (exact) mass is 303 g/mol. The summed E-state index contributed by atoms with van der Waals surface area (Å²) in [5.41, 5.74) is 0.610. The van der Waals surface area contributed by atoms with Crippen LogP contribution in [0.2, 0.25) is 0 Å². The molecule has 0 spiro atoms. The van der Waals surface area contributed by atoms with E-state index < -0.39 is 16.6 Å². The molecule has 0 aliphatic carbocycles. The number of ether oxygens (including phenoxy) is 1. The number of aromatic nitrogens is 2. The average Bonchev–Trinajstić information content (AvgIpc) is 2.92. The fourth-order valence-electron chi connectivity index (χ4n) is 1.44. The first-order chi connectivity index (χ1) is 9.47. The first-order valence-corrected chi connectivity index (χ1v) is 6.98. The Balaban J connectivity index is 1.98. The van der Waals surface area contributed by atoms with Crippen LogP contribution in [0.25, 0.3) is 0 Å². The molecule has 2 rings (SSSR count). The number of benzene rings is 1. The van der Waals surface area contributed by atoms with Gasteiger partial charge in [0.25, 0.3) is 0 Å². The SMILES string of the molecule is O=S(=O)(NCc1ccc(OC(F)F)cc1)c1cn[nH]c1. The third kappa shape index (κ3) is 3.75. The first kappa shape index (κ1) is 14.4. The summed E-state index contributed by atoms with van der Waals surface area (Å²) in [6, 6.07) is 5.67. The molecule has 1 heterocycles. The quantitative estimate of drug-likeness (QED) is 0.847. The molecule has 6 nitrogen and oxygen atoms in total. The molecule has 0 aliphatic rings. The number of rotatable bonds is 6. The lowest BCUT2D eigenvalue weighted by Crippen LogP contribution is -2.22. The second-order valence-electron chi connectivity index (χ2n) is 3.78. The van der Waals surface area contributed by atoms with Crippen LogP contribution in [0.5, 0.6) is 5.75 Å². The van der Waals surface area contributed by atoms with Gasteiger partial charge in [-0.05, 0) is 17.7 Å². The van der Waals surface area contributed by atoms with Gasteiger partial charge in [-0.15, -0.1) is 0 Å². The molecule has 0 saturated heterocycles. The summed E-state index contributed by atoms with van der Waals surface area (Å²) in [6.07, 6.45) is 2.43. The maximum atomic E-state index is 12.0. The van der Waals surface area contributed by atoms with E-state index in [1.807, 2.05) is 0 Å². The van der Waals surface area contributed by atoms with Crippen molar-refractivity contribution in [1.29, 1.82) is 0 Å². The molecule has 0 atom stereocenters. The van der Waals surface area contributed by atoms with E-state index in [4.69, 9.17) is 0 Å². The summed E-state index contributed by atoms with van der Waals surface area (Å²) in [5.74, 6) is 0.0152. The van der Waals surface area contributed by atoms with Crippen molar-refractivity contribution in [2.24, 2.45) is 0 Å². The Bertz CT molecular complexity index is 642. The summed E-state index contributed by atoms with van der Waals surface area (Å²) in [5, 5.41) is 5.95. The zero-order chi connectivity index (χ0) is 14.6. The molecule has 0 amide bonds. The number of nitrogens with one attached hydrogen (secondary N) is 2. The maximum Gasteiger partial charge on any atom is 0.387 e. The Labute approximate surface area is 113 Å². The van der Waals surface area contributed by atoms with Gasteiger partial charge in [0, 0.05) is 12.7 Å². The van der Waals surface area contributed by atoms with E-state index in [-0.39, 0.29) is 17.2 Å². The van der Waals surface area contributed by atoms with E-state index in [9.17, 15) is 17.2 Å². The van der Waals surface area contributed by atoms with Crippen molar-refractivity contribution in [3.63, 3.8) is 0 Å². The number of nitrogens with zero attached hydrogens (tertiary/aromatic N) is 1. The number of halogens is 2. The largest absolute Gasteiger partial charge is 0.435 e. The third-order valence-electron chi connectivity index (χ3n) is 2.40. The van der Waals surface area contributed by atoms with Crippen LogP contribution in [0, 0.1) is 0 Å². The zero-order valence-corrected chi connectivity index (χ0v) is 10.9. The van der Waals surface area contributed by atoms with Crippen LogP contribution in [0.4, 0.5) is 8.78 Å². The molecule has 9 heteroatoms. The molecule has 2 aromatic rings. The highest BCUT2D eigenvalue weighted by molar-refractivity contribution is 7.89. The highest BCUT2D eigenvalue weighted by atomic mass is 32.2. The molecule has 0 aliphatic heterocycles. The molecule has 0 saturated carbocycles. The molecular formula is C11H11F2N3O3S. The first-order valence-electron chi connectivity index (χ1n) is 5.49. The topological polar surface area (TPSA) is 84.1 Å². The van der Waals surface area contributed by atoms with Crippen LogP contribution in [0.3, 0.4) is 0 Å². The fourth-order valence-corrected chi connectivity index (χ4v) is 2.36. The number of hydrogen-bond acceptors (Lipinski definition) is 4. The van der Waals surface area contributed by atoms with Crippen molar-refractivity contribution < 1.29 is 21.9 Å². The van der Waals surface area contributed by atoms with Gasteiger partial charge in [0.2, 0.25) is 10.0 Å². The van der Waals surface area contributed by atoms with Gasteiger partial charge in [-0.1, -0.05) is 12.1 Å². The number of H-pyrrole nitrogens is 1. The molecule has 2 N–H and O–H groups in total. The normalized spacial score (nSPS) is 11.8. The van der Waals surface area contributed by atoms with Gasteiger partial charge in [-0.3, -0.25) is 5.10 Å². The highest BCUT2D eigenvalue weighted by Gasteiger charge is 2.14. The number of hydrogen-bond donors (Lipinski definition) is 2. The summed E-state index contributed by atoms with van der Waals surface area (Å²) in [7, 11) is -3.64. The number of alkyl halides is 2. The fraction of sp³-hybridized carbons (Fsp3) is 0.182. The van der Waals surface area contributed by atoms with Crippen molar-refractivity contribution in [3.8, 4) is 5.75 Å². The highest BCUT2D eigenvalue weighted by Crippen LogP contribution is 2.15. The van der Waals surface area contributed by atoms with Gasteiger partial charge in [0.1, 0.15) is 10.6 Å². The molecule has 0 fully saturated rings. The lowest BCUT2D eigenvalue weighted by molar-refractivity contribution is -0.0498. The van der Waals surface area contributed by atoms with E-state index in [1.54, 1.807) is 0 Å². The van der Waals surface area contributed by atoms with Crippen molar-refractivity contribution in [2.45, 2.75) is 18.1 Å². The summed E-state index contributed by atoms with van der Waals surface area (Å²) in [4.78, 5) is 0.0233. The van der Waals surface area contributed by atoms with Crippen LogP contribution >= 0.6 is 0 Å². The number of sulfonamides is 1. The minimum Gasteiger partial charge on any atom is -0.435 e. The van der Waals surface area contributed by atoms with Crippen molar-refractivity contribution in [2.75, 3.05) is 0 Å². The van der Waals surface area contributed by atoms with Gasteiger partial charge < -0.3 is 4.74 Å². The Morgan fingerprint density at radius 2 is 2.00 bits per heavy atom. The van der Waals surface area contributed by atoms with E-state index >= 15 is 0 Å². The predicted molar refractivity (Wildman–Crippen MR) is 65.7 cm³/mol. The van der Waals surface area contributed by atoms with Crippen molar-refractivity contribution in [1.82, 2.24) is 14.9 Å². The Hall–Kier alpha value is -2.00. The van der Waals surface area contributed by atoms with Crippen LogP contribution in [-0.2, 0) is 16.6 Å². The second kappa shape index (κ2) is 5.97. The molecule has 108 valence electrons. The summed E-state index contributed by atoms with van der Waals surface area (Å²) >= 11 is 0. The van der Waals surface area contributed by atoms with Gasteiger partial charge in [0.05, 0.1) is 6.20 Å². The molecule has 0 radical (unpaired) electrons. The van der Waals surface area contributed by atoms with Crippen LogP contribution in [-0.4, -0.2) is 25.2 Å². The van der Waals surface area contributed by atoms with Gasteiger partial charge in [0.15, 0.2) is 0 Å². The standard InChI is InChI=1S/C11H11F2N3O3S/c12-11(13)19-9-3-1-8(2-4-9)5-16-20(17,18)10-6-14-15-7-10/h1-4,6-7,11,16H,5H2,(H,14,15).